The predicted molar refractivity (Wildman–Crippen MR) is 131 cm³/mol. The second-order valence-electron chi connectivity index (χ2n) is 8.19. The van der Waals surface area contributed by atoms with E-state index in [9.17, 15) is 4.79 Å². The van der Waals surface area contributed by atoms with Crippen molar-refractivity contribution >= 4 is 55.3 Å². The third-order valence-corrected chi connectivity index (χ3v) is 8.61. The first-order valence-corrected chi connectivity index (χ1v) is 13.3. The van der Waals surface area contributed by atoms with Crippen molar-refractivity contribution in [2.24, 2.45) is 0 Å². The molecule has 1 saturated heterocycles. The Balaban J connectivity index is 1.57. The van der Waals surface area contributed by atoms with Crippen LogP contribution in [0.3, 0.4) is 0 Å². The zero-order valence-corrected chi connectivity index (χ0v) is 20.4. The average Bonchev–Trinajstić information content (AvgIpc) is 3.23. The van der Waals surface area contributed by atoms with Crippen molar-refractivity contribution in [2.75, 3.05) is 50.0 Å². The first-order valence-electron chi connectivity index (χ1n) is 11.5. The van der Waals surface area contributed by atoms with Crippen LogP contribution in [0.1, 0.15) is 37.8 Å². The summed E-state index contributed by atoms with van der Waals surface area (Å²) >= 11 is 3.19. The second kappa shape index (κ2) is 9.49. The van der Waals surface area contributed by atoms with E-state index in [4.69, 9.17) is 14.7 Å². The van der Waals surface area contributed by atoms with Gasteiger partial charge in [-0.3, -0.25) is 4.79 Å². The summed E-state index contributed by atoms with van der Waals surface area (Å²) in [6, 6.07) is 0. The van der Waals surface area contributed by atoms with E-state index < -0.39 is 0 Å². The Morgan fingerprint density at radius 3 is 2.66 bits per heavy atom. The molecule has 0 aromatic carbocycles. The van der Waals surface area contributed by atoms with Crippen molar-refractivity contribution in [1.82, 2.24) is 19.9 Å². The first-order chi connectivity index (χ1) is 15.7. The quantitative estimate of drug-likeness (QED) is 0.399. The van der Waals surface area contributed by atoms with Crippen LogP contribution in [0.4, 0.5) is 5.82 Å². The highest BCUT2D eigenvalue weighted by molar-refractivity contribution is 8.00. The molecule has 0 unspecified atom stereocenters. The number of hydrogen-bond donors (Lipinski definition) is 0. The van der Waals surface area contributed by atoms with E-state index >= 15 is 0 Å². The number of ether oxygens (including phenoxy) is 1. The van der Waals surface area contributed by atoms with Gasteiger partial charge in [-0.15, -0.1) is 11.3 Å². The molecule has 1 amide bonds. The molecular weight excluding hydrogens is 442 g/mol. The highest BCUT2D eigenvalue weighted by Gasteiger charge is 2.26. The lowest BCUT2D eigenvalue weighted by molar-refractivity contribution is -0.127. The van der Waals surface area contributed by atoms with Crippen LogP contribution < -0.4 is 4.90 Å². The van der Waals surface area contributed by atoms with Gasteiger partial charge in [-0.05, 0) is 50.7 Å². The number of aryl methyl sites for hydroxylation is 1. The Morgan fingerprint density at radius 2 is 1.91 bits per heavy atom. The number of anilines is 1. The number of hydrogen-bond acceptors (Lipinski definition) is 8. The smallest absolute Gasteiger partial charge is 0.232 e. The lowest BCUT2D eigenvalue weighted by Gasteiger charge is -2.31. The minimum atomic E-state index is 0.151. The first kappa shape index (κ1) is 21.9. The Morgan fingerprint density at radius 1 is 1.16 bits per heavy atom. The van der Waals surface area contributed by atoms with Crippen LogP contribution in [0.25, 0.3) is 20.4 Å². The maximum Gasteiger partial charge on any atom is 0.232 e. The van der Waals surface area contributed by atoms with E-state index in [1.54, 1.807) is 17.7 Å². The van der Waals surface area contributed by atoms with Gasteiger partial charge in [0, 0.05) is 31.6 Å². The maximum atomic E-state index is 12.5. The number of amides is 1. The van der Waals surface area contributed by atoms with Gasteiger partial charge >= 0.3 is 0 Å². The zero-order valence-electron chi connectivity index (χ0n) is 18.7. The number of carbonyl (C=O) groups excluding carboxylic acids is 1. The van der Waals surface area contributed by atoms with Crippen molar-refractivity contribution in [3.05, 3.63) is 17.5 Å². The fraction of sp³-hybridized carbons (Fsp3) is 0.565. The van der Waals surface area contributed by atoms with Gasteiger partial charge in [-0.2, -0.15) is 0 Å². The molecule has 0 atom stereocenters. The van der Waals surface area contributed by atoms with Crippen LogP contribution in [0, 0.1) is 0 Å². The fourth-order valence-electron chi connectivity index (χ4n) is 4.76. The zero-order chi connectivity index (χ0) is 22.1. The van der Waals surface area contributed by atoms with Gasteiger partial charge < -0.3 is 14.5 Å². The van der Waals surface area contributed by atoms with Crippen molar-refractivity contribution < 1.29 is 9.53 Å². The number of thiophene rings is 1. The SMILES string of the molecule is CCN(CC)C(=O)CSc1ncnc2c1sc1nc(N3CCOCC3)c3c(c12)CCCC3. The minimum absolute atomic E-state index is 0.151. The van der Waals surface area contributed by atoms with Crippen LogP contribution in [0.2, 0.25) is 0 Å². The summed E-state index contributed by atoms with van der Waals surface area (Å²) in [5.74, 6) is 1.69. The van der Waals surface area contributed by atoms with Crippen LogP contribution in [0.15, 0.2) is 11.4 Å². The van der Waals surface area contributed by atoms with Gasteiger partial charge in [0.15, 0.2) is 0 Å². The molecule has 4 heterocycles. The monoisotopic (exact) mass is 471 g/mol. The second-order valence-corrected chi connectivity index (χ2v) is 10.2. The van der Waals surface area contributed by atoms with E-state index in [1.165, 1.54) is 41.1 Å². The summed E-state index contributed by atoms with van der Waals surface area (Å²) in [6.07, 6.45) is 6.21. The molecule has 0 bridgehead atoms. The van der Waals surface area contributed by atoms with E-state index in [1.807, 2.05) is 18.7 Å². The Kier molecular flexibility index (Phi) is 6.48. The fourth-order valence-corrected chi connectivity index (χ4v) is 6.89. The van der Waals surface area contributed by atoms with Gasteiger partial charge in [-0.1, -0.05) is 11.8 Å². The summed E-state index contributed by atoms with van der Waals surface area (Å²) in [5.41, 5.74) is 3.81. The van der Waals surface area contributed by atoms with Crippen LogP contribution in [-0.4, -0.2) is 70.9 Å². The lowest BCUT2D eigenvalue weighted by Crippen LogP contribution is -2.37. The summed E-state index contributed by atoms with van der Waals surface area (Å²) in [4.78, 5) is 32.2. The van der Waals surface area contributed by atoms with Gasteiger partial charge in [-0.25, -0.2) is 15.0 Å². The van der Waals surface area contributed by atoms with Crippen molar-refractivity contribution in [3.8, 4) is 0 Å². The van der Waals surface area contributed by atoms with E-state index in [0.717, 1.165) is 78.1 Å². The molecule has 0 radical (unpaired) electrons. The van der Waals surface area contributed by atoms with E-state index in [2.05, 4.69) is 9.88 Å². The Bertz CT molecular complexity index is 1140. The number of morpholine rings is 1. The molecule has 0 saturated carbocycles. The highest BCUT2D eigenvalue weighted by Crippen LogP contribution is 2.43. The average molecular weight is 472 g/mol. The number of pyridine rings is 1. The number of thioether (sulfide) groups is 1. The van der Waals surface area contributed by atoms with Crippen LogP contribution in [0.5, 0.6) is 0 Å². The number of carbonyl (C=O) groups is 1. The third-order valence-electron chi connectivity index (χ3n) is 6.43. The molecule has 9 heteroatoms. The predicted octanol–water partition coefficient (Wildman–Crippen LogP) is 3.92. The topological polar surface area (TPSA) is 71.5 Å². The molecule has 7 nitrogen and oxygen atoms in total. The van der Waals surface area contributed by atoms with Crippen molar-refractivity contribution in [2.45, 2.75) is 44.6 Å². The normalized spacial score (nSPS) is 16.5. The Labute approximate surface area is 196 Å². The van der Waals surface area contributed by atoms with Crippen LogP contribution >= 0.6 is 23.1 Å². The number of aromatic nitrogens is 3. The minimum Gasteiger partial charge on any atom is -0.378 e. The molecule has 32 heavy (non-hydrogen) atoms. The number of fused-ring (bicyclic) bond motifs is 5. The number of nitrogens with zero attached hydrogens (tertiary/aromatic N) is 5. The van der Waals surface area contributed by atoms with Gasteiger partial charge in [0.2, 0.25) is 5.91 Å². The molecule has 1 fully saturated rings. The molecular formula is C23H29N5O2S2. The summed E-state index contributed by atoms with van der Waals surface area (Å²) in [6.45, 7) is 8.80. The van der Waals surface area contributed by atoms with Gasteiger partial charge in [0.25, 0.3) is 0 Å². The van der Waals surface area contributed by atoms with Crippen molar-refractivity contribution in [1.29, 1.82) is 0 Å². The van der Waals surface area contributed by atoms with E-state index in [-0.39, 0.29) is 5.91 Å². The molecule has 1 aliphatic heterocycles. The standard InChI is InChI=1S/C23H29N5O2S2/c1-3-27(4-2)17(29)13-31-23-20-19(24-14-25-23)18-15-7-5-6-8-16(15)21(26-22(18)32-20)28-9-11-30-12-10-28/h14H,3-13H2,1-2H3. The third kappa shape index (κ3) is 3.95. The molecule has 2 aliphatic rings. The maximum absolute atomic E-state index is 12.5. The molecule has 5 rings (SSSR count). The summed E-state index contributed by atoms with van der Waals surface area (Å²) in [5, 5.41) is 2.09. The highest BCUT2D eigenvalue weighted by atomic mass is 32.2. The van der Waals surface area contributed by atoms with Gasteiger partial charge in [0.05, 0.1) is 29.2 Å². The number of rotatable bonds is 6. The molecule has 3 aromatic heterocycles. The lowest BCUT2D eigenvalue weighted by atomic mass is 9.90. The summed E-state index contributed by atoms with van der Waals surface area (Å²) < 4.78 is 6.63. The van der Waals surface area contributed by atoms with Crippen LogP contribution in [-0.2, 0) is 22.4 Å². The molecule has 0 spiro atoms. The van der Waals surface area contributed by atoms with Gasteiger partial charge in [0.1, 0.15) is 22.0 Å². The van der Waals surface area contributed by atoms with E-state index in [0.29, 0.717) is 5.75 Å². The molecule has 170 valence electrons. The van der Waals surface area contributed by atoms with Crippen molar-refractivity contribution in [3.63, 3.8) is 0 Å². The Hall–Kier alpha value is -1.97. The molecule has 3 aromatic rings. The molecule has 1 aliphatic carbocycles. The summed E-state index contributed by atoms with van der Waals surface area (Å²) in [7, 11) is 0. The molecule has 0 N–H and O–H groups in total. The largest absolute Gasteiger partial charge is 0.378 e.